The Hall–Kier alpha value is -1.95. The number of thioether (sulfide) groups is 1. The summed E-state index contributed by atoms with van der Waals surface area (Å²) in [4.78, 5) is 29.3. The SMILES string of the molecule is [2H]OC[C@H]1O[C@@H](n2cnc3c(=O)[nH]c(/N=C\N(C)C)nc32)CC1OCSC. The highest BCUT2D eigenvalue weighted by molar-refractivity contribution is 7.98. The van der Waals surface area contributed by atoms with Crippen LogP contribution in [0, 0.1) is 0 Å². The molecule has 0 spiro atoms. The van der Waals surface area contributed by atoms with E-state index in [-0.39, 0.29) is 35.8 Å². The molecule has 11 heteroatoms. The minimum Gasteiger partial charge on any atom is -0.394 e. The second kappa shape index (κ2) is 8.16. The van der Waals surface area contributed by atoms with Crippen LogP contribution in [-0.2, 0) is 9.47 Å². The van der Waals surface area contributed by atoms with E-state index in [0.717, 1.165) is 0 Å². The van der Waals surface area contributed by atoms with Crippen LogP contribution in [0.4, 0.5) is 5.95 Å². The van der Waals surface area contributed by atoms with Crippen molar-refractivity contribution >= 4 is 35.2 Å². The molecule has 1 aliphatic rings. The van der Waals surface area contributed by atoms with E-state index in [1.807, 2.05) is 20.4 Å². The molecule has 0 aliphatic carbocycles. The zero-order chi connectivity index (χ0) is 19.4. The van der Waals surface area contributed by atoms with Crippen molar-refractivity contribution in [1.82, 2.24) is 24.4 Å². The predicted octanol–water partition coefficient (Wildman–Crippen LogP) is 0.327. The van der Waals surface area contributed by atoms with Gasteiger partial charge in [-0.05, 0) is 6.26 Å². The van der Waals surface area contributed by atoms with Crippen LogP contribution in [0.25, 0.3) is 11.2 Å². The lowest BCUT2D eigenvalue weighted by atomic mass is 10.2. The molecule has 1 saturated heterocycles. The average Bonchev–Trinajstić information content (AvgIpc) is 3.22. The summed E-state index contributed by atoms with van der Waals surface area (Å²) in [5.74, 6) is 0.698. The highest BCUT2D eigenvalue weighted by Gasteiger charge is 2.37. The number of hydrogen-bond donors (Lipinski definition) is 2. The maximum absolute atomic E-state index is 12.3. The molecule has 2 aromatic heterocycles. The summed E-state index contributed by atoms with van der Waals surface area (Å²) in [7, 11) is 3.64. The third kappa shape index (κ3) is 3.90. The third-order valence-electron chi connectivity index (χ3n) is 3.89. The van der Waals surface area contributed by atoms with E-state index in [1.165, 1.54) is 6.33 Å². The van der Waals surface area contributed by atoms with Crippen LogP contribution in [0.3, 0.4) is 0 Å². The summed E-state index contributed by atoms with van der Waals surface area (Å²) < 4.78 is 20.5. The Kier molecular flexibility index (Phi) is 5.48. The van der Waals surface area contributed by atoms with Gasteiger partial charge in [-0.3, -0.25) is 14.3 Å². The first-order valence-electron chi connectivity index (χ1n) is 8.46. The van der Waals surface area contributed by atoms with Gasteiger partial charge in [-0.25, -0.2) is 9.98 Å². The first-order chi connectivity index (χ1) is 13.0. The molecule has 0 amide bonds. The van der Waals surface area contributed by atoms with Gasteiger partial charge in [0, 0.05) is 20.5 Å². The van der Waals surface area contributed by atoms with Gasteiger partial charge in [0.15, 0.2) is 11.2 Å². The topological polar surface area (TPSA) is 118 Å². The molecule has 1 fully saturated rings. The van der Waals surface area contributed by atoms with Gasteiger partial charge in [0.1, 0.15) is 12.3 Å². The molecule has 1 unspecified atom stereocenters. The van der Waals surface area contributed by atoms with Crippen molar-refractivity contribution in [2.75, 3.05) is 32.9 Å². The first kappa shape index (κ1) is 17.5. The van der Waals surface area contributed by atoms with E-state index < -0.39 is 6.23 Å². The number of aliphatic imine (C=N–C) groups is 1. The van der Waals surface area contributed by atoms with Gasteiger partial charge >= 0.3 is 0 Å². The molecule has 10 nitrogen and oxygen atoms in total. The van der Waals surface area contributed by atoms with E-state index in [0.29, 0.717) is 18.0 Å². The fraction of sp³-hybridized carbons (Fsp3) is 0.600. The number of aliphatic hydroxyl groups excluding tert-OH is 1. The van der Waals surface area contributed by atoms with E-state index in [4.69, 9.17) is 10.9 Å². The lowest BCUT2D eigenvalue weighted by Crippen LogP contribution is -2.27. The average molecular weight is 383 g/mol. The van der Waals surface area contributed by atoms with Crippen LogP contribution in [0.5, 0.6) is 0 Å². The Bertz CT molecular complexity index is 856. The quantitative estimate of drug-likeness (QED) is 0.380. The van der Waals surface area contributed by atoms with Gasteiger partial charge in [-0.2, -0.15) is 4.98 Å². The number of H-pyrrole nitrogens is 1. The number of rotatable bonds is 8. The summed E-state index contributed by atoms with van der Waals surface area (Å²) in [6, 6.07) is 0. The normalized spacial score (nSPS) is 23.8. The number of nitrogens with one attached hydrogen (secondary N) is 1. The maximum Gasteiger partial charge on any atom is 0.280 e. The zero-order valence-corrected chi connectivity index (χ0v) is 15.6. The monoisotopic (exact) mass is 383 g/mol. The summed E-state index contributed by atoms with van der Waals surface area (Å²) in [5.41, 5.74) is 0.221. The van der Waals surface area contributed by atoms with E-state index >= 15 is 0 Å². The van der Waals surface area contributed by atoms with Crippen molar-refractivity contribution in [3.05, 3.63) is 16.7 Å². The van der Waals surface area contributed by atoms with Crippen LogP contribution in [0.15, 0.2) is 16.1 Å². The molecule has 0 bridgehead atoms. The Balaban J connectivity index is 1.91. The minimum atomic E-state index is -0.429. The fourth-order valence-electron chi connectivity index (χ4n) is 2.71. The molecule has 0 saturated carbocycles. The second-order valence-electron chi connectivity index (χ2n) is 6.06. The molecule has 2 N–H and O–H groups in total. The number of aromatic amines is 1. The highest BCUT2D eigenvalue weighted by atomic mass is 32.2. The summed E-state index contributed by atoms with van der Waals surface area (Å²) >= 11 is 1.56. The number of ether oxygens (including phenoxy) is 2. The van der Waals surface area contributed by atoms with Crippen molar-refractivity contribution in [2.24, 2.45) is 4.99 Å². The van der Waals surface area contributed by atoms with Crippen LogP contribution >= 0.6 is 11.8 Å². The number of imidazole rings is 1. The molecule has 3 heterocycles. The Labute approximate surface area is 155 Å². The third-order valence-corrected chi connectivity index (χ3v) is 4.26. The summed E-state index contributed by atoms with van der Waals surface area (Å²) in [5, 5.41) is 4.50. The van der Waals surface area contributed by atoms with Gasteiger partial charge in [0.05, 0.1) is 31.3 Å². The molecule has 3 atom stereocenters. The molecule has 26 heavy (non-hydrogen) atoms. The summed E-state index contributed by atoms with van der Waals surface area (Å²) in [6.07, 6.45) is 4.51. The smallest absolute Gasteiger partial charge is 0.280 e. The van der Waals surface area contributed by atoms with Gasteiger partial charge < -0.3 is 19.5 Å². The first-order valence-corrected chi connectivity index (χ1v) is 9.44. The van der Waals surface area contributed by atoms with E-state index in [1.54, 1.807) is 27.6 Å². The van der Waals surface area contributed by atoms with Gasteiger partial charge in [0.25, 0.3) is 5.56 Å². The molecule has 3 rings (SSSR count). The molecule has 142 valence electrons. The van der Waals surface area contributed by atoms with Crippen molar-refractivity contribution in [2.45, 2.75) is 24.9 Å². The number of fused-ring (bicyclic) bond motifs is 1. The summed E-state index contributed by atoms with van der Waals surface area (Å²) in [6.45, 7) is 0.0918. The van der Waals surface area contributed by atoms with Crippen molar-refractivity contribution in [3.63, 3.8) is 0 Å². The molecule has 0 aromatic carbocycles. The van der Waals surface area contributed by atoms with E-state index in [2.05, 4.69) is 25.1 Å². The van der Waals surface area contributed by atoms with Gasteiger partial charge in [-0.15, -0.1) is 11.8 Å². The Morgan fingerprint density at radius 2 is 2.54 bits per heavy atom. The Morgan fingerprint density at radius 3 is 3.27 bits per heavy atom. The van der Waals surface area contributed by atoms with E-state index in [9.17, 15) is 4.79 Å². The standard InChI is InChI=1S/C15H22N6O4S/c1-20(2)6-17-15-18-13-12(14(23)19-15)16-7-21(13)11-4-9(24-8-26-3)10(5-22)25-11/h6-7,9-11,22H,4-5,8H2,1-3H3,(H,18,19,23)/b17-6-/t9?,10-,11-/m1/s1/i22D. The number of nitrogens with zero attached hydrogens (tertiary/aromatic N) is 5. The maximum atomic E-state index is 12.3. The minimum absolute atomic E-state index is 0.0918. The highest BCUT2D eigenvalue weighted by Crippen LogP contribution is 2.32. The predicted molar refractivity (Wildman–Crippen MR) is 98.9 cm³/mol. The van der Waals surface area contributed by atoms with Crippen LogP contribution in [-0.4, -0.2) is 82.4 Å². The lowest BCUT2D eigenvalue weighted by Gasteiger charge is -2.15. The number of aliphatic hydroxyl groups is 1. The fourth-order valence-corrected chi connectivity index (χ4v) is 3.02. The molecule has 0 radical (unpaired) electrons. The van der Waals surface area contributed by atoms with Crippen molar-refractivity contribution in [1.29, 1.82) is 1.43 Å². The molecular formula is C15H22N6O4S. The zero-order valence-electron chi connectivity index (χ0n) is 15.8. The lowest BCUT2D eigenvalue weighted by molar-refractivity contribution is -0.0533. The van der Waals surface area contributed by atoms with Crippen molar-refractivity contribution < 1.29 is 14.6 Å². The van der Waals surface area contributed by atoms with Crippen molar-refractivity contribution in [3.8, 4) is 0 Å². The van der Waals surface area contributed by atoms with Crippen LogP contribution < -0.4 is 5.56 Å². The molecular weight excluding hydrogens is 360 g/mol. The van der Waals surface area contributed by atoms with Gasteiger partial charge in [0.2, 0.25) is 7.38 Å². The number of hydrogen-bond acceptors (Lipinski definition) is 8. The molecule has 2 aromatic rings. The largest absolute Gasteiger partial charge is 0.394 e. The van der Waals surface area contributed by atoms with Crippen LogP contribution in [0.1, 0.15) is 12.6 Å². The Morgan fingerprint density at radius 1 is 1.69 bits per heavy atom. The van der Waals surface area contributed by atoms with Crippen LogP contribution in [0.2, 0.25) is 0 Å². The van der Waals surface area contributed by atoms with Gasteiger partial charge in [-0.1, -0.05) is 0 Å². The molecule has 1 aliphatic heterocycles. The number of aromatic nitrogens is 4. The second-order valence-corrected chi connectivity index (χ2v) is 6.88.